The fourth-order valence-electron chi connectivity index (χ4n) is 2.77. The molecule has 0 unspecified atom stereocenters. The van der Waals surface area contributed by atoms with Crippen molar-refractivity contribution < 1.29 is 38.0 Å². The molecule has 0 radical (unpaired) electrons. The molecular formula is C24H46O8. The number of carbonyl (C=O) groups is 2. The Hall–Kier alpha value is -1.22. The predicted molar refractivity (Wildman–Crippen MR) is 123 cm³/mol. The van der Waals surface area contributed by atoms with E-state index in [1.165, 1.54) is 32.1 Å². The van der Waals surface area contributed by atoms with Gasteiger partial charge >= 0.3 is 11.9 Å². The van der Waals surface area contributed by atoms with Gasteiger partial charge in [-0.05, 0) is 12.8 Å². The first-order chi connectivity index (χ1) is 15.7. The third-order valence-electron chi connectivity index (χ3n) is 4.54. The molecular weight excluding hydrogens is 416 g/mol. The number of hydrogen-bond acceptors (Lipinski definition) is 8. The Labute approximate surface area is 194 Å². The van der Waals surface area contributed by atoms with Gasteiger partial charge in [0, 0.05) is 12.8 Å². The molecule has 0 amide bonds. The molecule has 0 N–H and O–H groups in total. The first-order valence-corrected chi connectivity index (χ1v) is 12.3. The molecule has 0 saturated heterocycles. The summed E-state index contributed by atoms with van der Waals surface area (Å²) in [5, 5.41) is 0. The van der Waals surface area contributed by atoms with Crippen LogP contribution in [0.5, 0.6) is 0 Å². The maximum absolute atomic E-state index is 11.6. The molecule has 0 aromatic carbocycles. The topological polar surface area (TPSA) is 89.5 Å². The van der Waals surface area contributed by atoms with Crippen LogP contribution < -0.4 is 0 Å². The van der Waals surface area contributed by atoms with E-state index in [4.69, 9.17) is 28.4 Å². The largest absolute Gasteiger partial charge is 0.463 e. The average Bonchev–Trinajstić information content (AvgIpc) is 2.78. The molecule has 0 spiro atoms. The van der Waals surface area contributed by atoms with Crippen molar-refractivity contribution in [3.8, 4) is 0 Å². The van der Waals surface area contributed by atoms with Gasteiger partial charge in [0.25, 0.3) is 0 Å². The fraction of sp³-hybridized carbons (Fsp3) is 0.917. The molecule has 8 heteroatoms. The van der Waals surface area contributed by atoms with E-state index in [0.717, 1.165) is 19.3 Å². The van der Waals surface area contributed by atoms with Crippen LogP contribution in [0.1, 0.15) is 78.1 Å². The van der Waals surface area contributed by atoms with Crippen LogP contribution in [0.3, 0.4) is 0 Å². The quantitative estimate of drug-likeness (QED) is 0.148. The van der Waals surface area contributed by atoms with Gasteiger partial charge in [0.05, 0.1) is 52.9 Å². The molecule has 0 aliphatic rings. The van der Waals surface area contributed by atoms with Gasteiger partial charge < -0.3 is 28.4 Å². The van der Waals surface area contributed by atoms with E-state index in [0.29, 0.717) is 65.7 Å². The van der Waals surface area contributed by atoms with Crippen molar-refractivity contribution in [3.63, 3.8) is 0 Å². The molecule has 0 rings (SSSR count). The van der Waals surface area contributed by atoms with E-state index in [1.54, 1.807) is 0 Å². The highest BCUT2D eigenvalue weighted by Gasteiger charge is 2.03. The highest BCUT2D eigenvalue weighted by molar-refractivity contribution is 5.69. The molecule has 32 heavy (non-hydrogen) atoms. The minimum atomic E-state index is -0.187. The van der Waals surface area contributed by atoms with Crippen molar-refractivity contribution in [1.82, 2.24) is 0 Å². The first kappa shape index (κ1) is 30.8. The molecule has 190 valence electrons. The molecule has 0 aliphatic carbocycles. The fourth-order valence-corrected chi connectivity index (χ4v) is 2.77. The van der Waals surface area contributed by atoms with Crippen molar-refractivity contribution in [2.45, 2.75) is 78.1 Å². The Morgan fingerprint density at radius 1 is 0.438 bits per heavy atom. The summed E-state index contributed by atoms with van der Waals surface area (Å²) < 4.78 is 31.6. The highest BCUT2D eigenvalue weighted by atomic mass is 16.6. The zero-order valence-corrected chi connectivity index (χ0v) is 20.4. The van der Waals surface area contributed by atoms with Gasteiger partial charge in [0.1, 0.15) is 13.2 Å². The predicted octanol–water partition coefficient (Wildman–Crippen LogP) is 4.08. The Morgan fingerprint density at radius 3 is 1.25 bits per heavy atom. The molecule has 0 aromatic heterocycles. The molecule has 0 atom stereocenters. The summed E-state index contributed by atoms with van der Waals surface area (Å²) in [4.78, 5) is 22.8. The summed E-state index contributed by atoms with van der Waals surface area (Å²) >= 11 is 0. The standard InChI is InChI=1S/C24H46O8/c1-3-5-6-7-8-9-10-12-24(26)32-22-20-30-18-16-28-14-13-27-15-17-29-19-21-31-23(25)11-4-2/h3-22H2,1-2H3. The minimum Gasteiger partial charge on any atom is -0.463 e. The van der Waals surface area contributed by atoms with Crippen molar-refractivity contribution >= 4 is 11.9 Å². The van der Waals surface area contributed by atoms with E-state index < -0.39 is 0 Å². The van der Waals surface area contributed by atoms with Crippen LogP contribution >= 0.6 is 0 Å². The van der Waals surface area contributed by atoms with Crippen molar-refractivity contribution in [1.29, 1.82) is 0 Å². The highest BCUT2D eigenvalue weighted by Crippen LogP contribution is 2.08. The number of unbranched alkanes of at least 4 members (excludes halogenated alkanes) is 6. The van der Waals surface area contributed by atoms with E-state index >= 15 is 0 Å². The van der Waals surface area contributed by atoms with Crippen molar-refractivity contribution in [3.05, 3.63) is 0 Å². The van der Waals surface area contributed by atoms with Crippen LogP contribution in [0, 0.1) is 0 Å². The van der Waals surface area contributed by atoms with Gasteiger partial charge in [-0.15, -0.1) is 0 Å². The molecule has 0 aliphatic heterocycles. The summed E-state index contributed by atoms with van der Waals surface area (Å²) in [6, 6.07) is 0. The lowest BCUT2D eigenvalue weighted by Gasteiger charge is -2.08. The Morgan fingerprint density at radius 2 is 0.812 bits per heavy atom. The van der Waals surface area contributed by atoms with Crippen LogP contribution in [0.2, 0.25) is 0 Å². The number of carbonyl (C=O) groups excluding carboxylic acids is 2. The lowest BCUT2D eigenvalue weighted by molar-refractivity contribution is -0.146. The van der Waals surface area contributed by atoms with E-state index in [2.05, 4.69) is 6.92 Å². The molecule has 0 fully saturated rings. The third kappa shape index (κ3) is 25.0. The molecule has 0 saturated carbocycles. The van der Waals surface area contributed by atoms with Crippen molar-refractivity contribution in [2.24, 2.45) is 0 Å². The lowest BCUT2D eigenvalue weighted by atomic mass is 10.1. The minimum absolute atomic E-state index is 0.142. The summed E-state index contributed by atoms with van der Waals surface area (Å²) in [5.74, 6) is -0.328. The smallest absolute Gasteiger partial charge is 0.305 e. The second kappa shape index (κ2) is 26.0. The normalized spacial score (nSPS) is 10.9. The van der Waals surface area contributed by atoms with Crippen LogP contribution in [0.25, 0.3) is 0 Å². The Balaban J connectivity index is 3.15. The molecule has 0 heterocycles. The molecule has 0 aromatic rings. The van der Waals surface area contributed by atoms with Gasteiger partial charge in [-0.25, -0.2) is 0 Å². The second-order valence-corrected chi connectivity index (χ2v) is 7.51. The first-order valence-electron chi connectivity index (χ1n) is 12.3. The van der Waals surface area contributed by atoms with Crippen LogP contribution in [-0.2, 0) is 38.0 Å². The number of esters is 2. The monoisotopic (exact) mass is 462 g/mol. The lowest BCUT2D eigenvalue weighted by Crippen LogP contribution is -2.15. The second-order valence-electron chi connectivity index (χ2n) is 7.51. The van der Waals surface area contributed by atoms with Gasteiger partial charge in [0.2, 0.25) is 0 Å². The SMILES string of the molecule is CCCCCCCCCC(=O)OCCOCCOCCOCCOCCOC(=O)CCC. The zero-order chi connectivity index (χ0) is 23.5. The summed E-state index contributed by atoms with van der Waals surface area (Å²) in [6.45, 7) is 8.26. The number of hydrogen-bond donors (Lipinski definition) is 0. The maximum atomic E-state index is 11.6. The van der Waals surface area contributed by atoms with Crippen LogP contribution in [0.4, 0.5) is 0 Å². The van der Waals surface area contributed by atoms with E-state index in [9.17, 15) is 9.59 Å². The van der Waals surface area contributed by atoms with E-state index in [1.807, 2.05) is 6.92 Å². The number of rotatable bonds is 25. The van der Waals surface area contributed by atoms with Crippen LogP contribution in [0.15, 0.2) is 0 Å². The van der Waals surface area contributed by atoms with Gasteiger partial charge in [-0.2, -0.15) is 0 Å². The zero-order valence-electron chi connectivity index (χ0n) is 20.4. The van der Waals surface area contributed by atoms with Crippen molar-refractivity contribution in [2.75, 3.05) is 66.1 Å². The van der Waals surface area contributed by atoms with E-state index in [-0.39, 0.29) is 25.2 Å². The Bertz CT molecular complexity index is 417. The van der Waals surface area contributed by atoms with Gasteiger partial charge in [-0.3, -0.25) is 9.59 Å². The Kier molecular flexibility index (Phi) is 25.0. The summed E-state index contributed by atoms with van der Waals surface area (Å²) in [7, 11) is 0. The average molecular weight is 463 g/mol. The molecule has 0 bridgehead atoms. The maximum Gasteiger partial charge on any atom is 0.305 e. The van der Waals surface area contributed by atoms with Gasteiger partial charge in [0.15, 0.2) is 0 Å². The summed E-state index contributed by atoms with van der Waals surface area (Å²) in [5.41, 5.74) is 0. The van der Waals surface area contributed by atoms with Gasteiger partial charge in [-0.1, -0.05) is 52.4 Å². The third-order valence-corrected chi connectivity index (χ3v) is 4.54. The van der Waals surface area contributed by atoms with Crippen LogP contribution in [-0.4, -0.2) is 78.0 Å². The summed E-state index contributed by atoms with van der Waals surface area (Å²) in [6.07, 6.45) is 10.0. The number of ether oxygens (including phenoxy) is 6. The molecule has 8 nitrogen and oxygen atoms in total.